The van der Waals surface area contributed by atoms with Crippen molar-refractivity contribution in [3.63, 3.8) is 0 Å². The van der Waals surface area contributed by atoms with Crippen molar-refractivity contribution in [2.45, 2.75) is 6.54 Å². The SMILES string of the molecule is O=C(c1ccco1)N(Cc1ccccn1)c1ccccc1. The van der Waals surface area contributed by atoms with E-state index in [1.165, 1.54) is 6.26 Å². The van der Waals surface area contributed by atoms with Crippen LogP contribution < -0.4 is 4.90 Å². The minimum atomic E-state index is -0.183. The molecule has 0 saturated carbocycles. The van der Waals surface area contributed by atoms with Crippen LogP contribution in [0.15, 0.2) is 77.5 Å². The molecule has 0 N–H and O–H groups in total. The molecule has 0 spiro atoms. The molecule has 0 radical (unpaired) electrons. The first-order valence-corrected chi connectivity index (χ1v) is 6.65. The van der Waals surface area contributed by atoms with Crippen LogP contribution in [0.2, 0.25) is 0 Å². The van der Waals surface area contributed by atoms with Crippen molar-refractivity contribution in [3.8, 4) is 0 Å². The van der Waals surface area contributed by atoms with Crippen molar-refractivity contribution < 1.29 is 9.21 Å². The Hall–Kier alpha value is -2.88. The molecule has 4 heteroatoms. The van der Waals surface area contributed by atoms with E-state index in [-0.39, 0.29) is 5.91 Å². The zero-order chi connectivity index (χ0) is 14.5. The Kier molecular flexibility index (Phi) is 3.78. The average Bonchev–Trinajstić information content (AvgIpc) is 3.08. The number of hydrogen-bond acceptors (Lipinski definition) is 3. The third-order valence-electron chi connectivity index (χ3n) is 3.09. The maximum atomic E-state index is 12.6. The van der Waals surface area contributed by atoms with Gasteiger partial charge in [0.05, 0.1) is 18.5 Å². The normalized spacial score (nSPS) is 10.3. The molecule has 104 valence electrons. The molecule has 3 aromatic rings. The number of benzene rings is 1. The highest BCUT2D eigenvalue weighted by atomic mass is 16.3. The van der Waals surface area contributed by atoms with Crippen molar-refractivity contribution in [2.24, 2.45) is 0 Å². The minimum Gasteiger partial charge on any atom is -0.459 e. The van der Waals surface area contributed by atoms with Crippen LogP contribution in [0.4, 0.5) is 5.69 Å². The maximum Gasteiger partial charge on any atom is 0.294 e. The van der Waals surface area contributed by atoms with Crippen LogP contribution in [0.3, 0.4) is 0 Å². The van der Waals surface area contributed by atoms with E-state index in [1.807, 2.05) is 48.5 Å². The summed E-state index contributed by atoms with van der Waals surface area (Å²) in [7, 11) is 0. The molecule has 0 unspecified atom stereocenters. The number of pyridine rings is 1. The van der Waals surface area contributed by atoms with Crippen LogP contribution in [0.25, 0.3) is 0 Å². The number of carbonyl (C=O) groups excluding carboxylic acids is 1. The van der Waals surface area contributed by atoms with E-state index in [0.29, 0.717) is 12.3 Å². The van der Waals surface area contributed by atoms with E-state index in [0.717, 1.165) is 11.4 Å². The van der Waals surface area contributed by atoms with Gasteiger partial charge in [-0.1, -0.05) is 24.3 Å². The fourth-order valence-electron chi connectivity index (χ4n) is 2.08. The summed E-state index contributed by atoms with van der Waals surface area (Å²) >= 11 is 0. The molecular weight excluding hydrogens is 264 g/mol. The average molecular weight is 278 g/mol. The van der Waals surface area contributed by atoms with Crippen molar-refractivity contribution in [1.29, 1.82) is 0 Å². The number of nitrogens with zero attached hydrogens (tertiary/aromatic N) is 2. The van der Waals surface area contributed by atoms with Gasteiger partial charge in [0.2, 0.25) is 0 Å². The second-order valence-corrected chi connectivity index (χ2v) is 4.53. The molecule has 0 bridgehead atoms. The smallest absolute Gasteiger partial charge is 0.294 e. The van der Waals surface area contributed by atoms with Gasteiger partial charge in [0.25, 0.3) is 5.91 Å². The number of amides is 1. The predicted octanol–water partition coefficient (Wildman–Crippen LogP) is 3.52. The Morgan fingerprint density at radius 2 is 1.81 bits per heavy atom. The summed E-state index contributed by atoms with van der Waals surface area (Å²) < 4.78 is 5.22. The third-order valence-corrected chi connectivity index (χ3v) is 3.09. The van der Waals surface area contributed by atoms with Gasteiger partial charge in [0.1, 0.15) is 0 Å². The lowest BCUT2D eigenvalue weighted by molar-refractivity contribution is 0.0958. The number of carbonyl (C=O) groups is 1. The topological polar surface area (TPSA) is 46.3 Å². The van der Waals surface area contributed by atoms with Crippen LogP contribution >= 0.6 is 0 Å². The number of hydrogen-bond donors (Lipinski definition) is 0. The molecule has 1 amide bonds. The molecule has 3 rings (SSSR count). The van der Waals surface area contributed by atoms with Crippen molar-refractivity contribution >= 4 is 11.6 Å². The molecular formula is C17H14N2O2. The lowest BCUT2D eigenvalue weighted by Crippen LogP contribution is -2.30. The Balaban J connectivity index is 1.93. The zero-order valence-electron chi connectivity index (χ0n) is 11.3. The second-order valence-electron chi connectivity index (χ2n) is 4.53. The first-order chi connectivity index (χ1) is 10.3. The lowest BCUT2D eigenvalue weighted by atomic mass is 10.2. The van der Waals surface area contributed by atoms with Gasteiger partial charge in [0.15, 0.2) is 5.76 Å². The van der Waals surface area contributed by atoms with Crippen molar-refractivity contribution in [1.82, 2.24) is 4.98 Å². The van der Waals surface area contributed by atoms with Gasteiger partial charge in [-0.3, -0.25) is 14.7 Å². The predicted molar refractivity (Wildman–Crippen MR) is 79.9 cm³/mol. The van der Waals surface area contributed by atoms with Gasteiger partial charge in [-0.15, -0.1) is 0 Å². The first kappa shape index (κ1) is 13.1. The molecule has 2 heterocycles. The number of anilines is 1. The van der Waals surface area contributed by atoms with Crippen LogP contribution in [0.1, 0.15) is 16.2 Å². The number of furan rings is 1. The standard InChI is InChI=1S/C17H14N2O2/c20-17(16-10-6-12-21-16)19(15-8-2-1-3-9-15)13-14-7-4-5-11-18-14/h1-12H,13H2. The molecule has 1 aromatic carbocycles. The van der Waals surface area contributed by atoms with Crippen LogP contribution in [-0.4, -0.2) is 10.9 Å². The number of aromatic nitrogens is 1. The molecule has 21 heavy (non-hydrogen) atoms. The summed E-state index contributed by atoms with van der Waals surface area (Å²) in [4.78, 5) is 18.6. The van der Waals surface area contributed by atoms with Gasteiger partial charge in [0, 0.05) is 11.9 Å². The van der Waals surface area contributed by atoms with Crippen molar-refractivity contribution in [3.05, 3.63) is 84.6 Å². The van der Waals surface area contributed by atoms with Gasteiger partial charge in [-0.05, 0) is 36.4 Å². The Bertz CT molecular complexity index is 694. The third kappa shape index (κ3) is 3.00. The maximum absolute atomic E-state index is 12.6. The summed E-state index contributed by atoms with van der Waals surface area (Å²) in [5.74, 6) is 0.131. The monoisotopic (exact) mass is 278 g/mol. The van der Waals surface area contributed by atoms with Gasteiger partial charge < -0.3 is 4.42 Å². The zero-order valence-corrected chi connectivity index (χ0v) is 11.3. The molecule has 0 aliphatic rings. The fraction of sp³-hybridized carbons (Fsp3) is 0.0588. The molecule has 0 aliphatic carbocycles. The Labute approximate surface area is 122 Å². The van der Waals surface area contributed by atoms with E-state index < -0.39 is 0 Å². The second kappa shape index (κ2) is 6.05. The molecule has 0 fully saturated rings. The van der Waals surface area contributed by atoms with Crippen LogP contribution in [-0.2, 0) is 6.54 Å². The highest BCUT2D eigenvalue weighted by Crippen LogP contribution is 2.19. The highest BCUT2D eigenvalue weighted by Gasteiger charge is 2.20. The molecule has 0 aliphatic heterocycles. The summed E-state index contributed by atoms with van der Waals surface area (Å²) in [6, 6.07) is 18.5. The summed E-state index contributed by atoms with van der Waals surface area (Å²) in [6.45, 7) is 0.393. The molecule has 4 nitrogen and oxygen atoms in total. The highest BCUT2D eigenvalue weighted by molar-refractivity contribution is 6.04. The van der Waals surface area contributed by atoms with E-state index in [4.69, 9.17) is 4.42 Å². The Morgan fingerprint density at radius 3 is 2.48 bits per heavy atom. The lowest BCUT2D eigenvalue weighted by Gasteiger charge is -2.21. The van der Waals surface area contributed by atoms with Crippen LogP contribution in [0, 0.1) is 0 Å². The summed E-state index contributed by atoms with van der Waals surface area (Å²) in [5, 5.41) is 0. The van der Waals surface area contributed by atoms with Crippen molar-refractivity contribution in [2.75, 3.05) is 4.90 Å². The van der Waals surface area contributed by atoms with Crippen LogP contribution in [0.5, 0.6) is 0 Å². The van der Waals surface area contributed by atoms with Gasteiger partial charge >= 0.3 is 0 Å². The van der Waals surface area contributed by atoms with E-state index in [9.17, 15) is 4.79 Å². The van der Waals surface area contributed by atoms with Gasteiger partial charge in [-0.2, -0.15) is 0 Å². The van der Waals surface area contributed by atoms with E-state index in [1.54, 1.807) is 23.2 Å². The molecule has 0 atom stereocenters. The number of rotatable bonds is 4. The fourth-order valence-corrected chi connectivity index (χ4v) is 2.08. The molecule has 2 aromatic heterocycles. The summed E-state index contributed by atoms with van der Waals surface area (Å²) in [6.07, 6.45) is 3.22. The minimum absolute atomic E-state index is 0.183. The number of para-hydroxylation sites is 1. The van der Waals surface area contributed by atoms with Gasteiger partial charge in [-0.25, -0.2) is 0 Å². The largest absolute Gasteiger partial charge is 0.459 e. The van der Waals surface area contributed by atoms with E-state index in [2.05, 4.69) is 4.98 Å². The first-order valence-electron chi connectivity index (χ1n) is 6.65. The Morgan fingerprint density at radius 1 is 1.00 bits per heavy atom. The molecule has 0 saturated heterocycles. The van der Waals surface area contributed by atoms with E-state index >= 15 is 0 Å². The quantitative estimate of drug-likeness (QED) is 0.733. The summed E-state index contributed by atoms with van der Waals surface area (Å²) in [5.41, 5.74) is 1.63.